The second kappa shape index (κ2) is 10.9. The highest BCUT2D eigenvalue weighted by Gasteiger charge is 2.30. The number of thiazole rings is 1. The molecule has 2 saturated heterocycles. The van der Waals surface area contributed by atoms with Crippen LogP contribution in [0, 0.1) is 11.8 Å². The van der Waals surface area contributed by atoms with E-state index in [4.69, 9.17) is 0 Å². The molecule has 0 spiro atoms. The summed E-state index contributed by atoms with van der Waals surface area (Å²) in [4.78, 5) is 19.8. The number of rotatable bonds is 7. The van der Waals surface area contributed by atoms with Crippen molar-refractivity contribution in [2.45, 2.75) is 39.2 Å². The second-order valence-electron chi connectivity index (χ2n) is 9.05. The summed E-state index contributed by atoms with van der Waals surface area (Å²) in [6.07, 6.45) is 5.14. The van der Waals surface area contributed by atoms with Crippen LogP contribution in [0.1, 0.15) is 43.9 Å². The fraction of sp³-hybridized carbons (Fsp3) is 0.500. The monoisotopic (exact) mass is 488 g/mol. The summed E-state index contributed by atoms with van der Waals surface area (Å²) < 4.78 is 26.7. The fourth-order valence-electron chi connectivity index (χ4n) is 4.49. The van der Waals surface area contributed by atoms with Crippen LogP contribution in [0.25, 0.3) is 6.08 Å². The molecule has 1 unspecified atom stereocenters. The number of piperidine rings is 2. The normalized spacial score (nSPS) is 21.4. The van der Waals surface area contributed by atoms with E-state index >= 15 is 0 Å². The van der Waals surface area contributed by atoms with Crippen LogP contribution in [0.3, 0.4) is 0 Å². The summed E-state index contributed by atoms with van der Waals surface area (Å²) in [5, 5.41) is 6.84. The Morgan fingerprint density at radius 2 is 1.94 bits per heavy atom. The van der Waals surface area contributed by atoms with Crippen LogP contribution < -0.4 is 5.32 Å². The quantitative estimate of drug-likeness (QED) is 0.636. The molecule has 1 aromatic heterocycles. The van der Waals surface area contributed by atoms with Gasteiger partial charge in [0.05, 0.1) is 5.69 Å². The van der Waals surface area contributed by atoms with E-state index in [1.165, 1.54) is 33.9 Å². The molecule has 1 atom stereocenters. The van der Waals surface area contributed by atoms with Crippen molar-refractivity contribution >= 4 is 38.5 Å². The van der Waals surface area contributed by atoms with Crippen LogP contribution in [-0.2, 0) is 21.4 Å². The van der Waals surface area contributed by atoms with E-state index in [2.05, 4.69) is 22.1 Å². The van der Waals surface area contributed by atoms with Gasteiger partial charge in [-0.15, -0.1) is 11.3 Å². The van der Waals surface area contributed by atoms with Crippen molar-refractivity contribution in [1.82, 2.24) is 14.2 Å². The molecule has 7 nitrogen and oxygen atoms in total. The van der Waals surface area contributed by atoms with Gasteiger partial charge in [-0.2, -0.15) is 4.31 Å². The predicted molar refractivity (Wildman–Crippen MR) is 133 cm³/mol. The van der Waals surface area contributed by atoms with Crippen molar-refractivity contribution in [1.29, 1.82) is 0 Å². The Labute approximate surface area is 200 Å². The lowest BCUT2D eigenvalue weighted by atomic mass is 9.97. The summed E-state index contributed by atoms with van der Waals surface area (Å²) in [5.41, 5.74) is 1.84. The van der Waals surface area contributed by atoms with Gasteiger partial charge >= 0.3 is 0 Å². The van der Waals surface area contributed by atoms with Crippen LogP contribution >= 0.6 is 11.3 Å². The number of hydrogen-bond acceptors (Lipinski definition) is 6. The van der Waals surface area contributed by atoms with Crippen molar-refractivity contribution in [3.63, 3.8) is 0 Å². The van der Waals surface area contributed by atoms with E-state index < -0.39 is 10.0 Å². The second-order valence-corrected chi connectivity index (χ2v) is 11.7. The zero-order valence-electron chi connectivity index (χ0n) is 19.0. The highest BCUT2D eigenvalue weighted by molar-refractivity contribution is 7.92. The lowest BCUT2D eigenvalue weighted by Gasteiger charge is -2.30. The summed E-state index contributed by atoms with van der Waals surface area (Å²) in [5.74, 6) is 0.448. The summed E-state index contributed by atoms with van der Waals surface area (Å²) in [7, 11) is -3.50. The van der Waals surface area contributed by atoms with E-state index in [9.17, 15) is 13.2 Å². The number of sulfonamides is 1. The molecule has 1 N–H and O–H groups in total. The third-order valence-electron chi connectivity index (χ3n) is 6.33. The number of likely N-dealkylation sites (tertiary alicyclic amines) is 1. The number of carbonyl (C=O) groups is 1. The molecule has 4 rings (SSSR count). The molecule has 0 aliphatic carbocycles. The van der Waals surface area contributed by atoms with Gasteiger partial charge in [0.15, 0.2) is 5.13 Å². The molecule has 33 heavy (non-hydrogen) atoms. The Bertz CT molecular complexity index is 1060. The molecular weight excluding hydrogens is 456 g/mol. The molecule has 178 valence electrons. The van der Waals surface area contributed by atoms with Crippen molar-refractivity contribution in [2.24, 2.45) is 11.8 Å². The van der Waals surface area contributed by atoms with Crippen molar-refractivity contribution in [3.8, 4) is 0 Å². The summed E-state index contributed by atoms with van der Waals surface area (Å²) in [6, 6.07) is 9.36. The molecular formula is C24H32N4O3S2. The highest BCUT2D eigenvalue weighted by Crippen LogP contribution is 2.25. The van der Waals surface area contributed by atoms with Gasteiger partial charge in [-0.1, -0.05) is 37.3 Å². The number of nitrogens with one attached hydrogen (secondary N) is 1. The third-order valence-corrected chi connectivity index (χ3v) is 8.70. The molecule has 1 aromatic carbocycles. The van der Waals surface area contributed by atoms with Crippen LogP contribution in [0.15, 0.2) is 41.1 Å². The van der Waals surface area contributed by atoms with Gasteiger partial charge in [-0.25, -0.2) is 13.4 Å². The van der Waals surface area contributed by atoms with Crippen LogP contribution in [0.2, 0.25) is 0 Å². The Kier molecular flexibility index (Phi) is 7.95. The standard InChI is InChI=1S/C24H32N4O3S2/c1-19-6-5-12-27(16-19)17-22-18-32-24(25-22)26-23(29)21-9-13-28(14-10-21)33(30,31)15-11-20-7-3-2-4-8-20/h2-4,7-8,11,15,18-19,21H,5-6,9-10,12-14,16-17H2,1H3,(H,25,26,29)/b15-11+. The minimum Gasteiger partial charge on any atom is -0.302 e. The van der Waals surface area contributed by atoms with Crippen molar-refractivity contribution < 1.29 is 13.2 Å². The fourth-order valence-corrected chi connectivity index (χ4v) is 6.42. The minimum atomic E-state index is -3.50. The highest BCUT2D eigenvalue weighted by atomic mass is 32.2. The molecule has 2 fully saturated rings. The van der Waals surface area contributed by atoms with Gasteiger partial charge in [0, 0.05) is 42.9 Å². The van der Waals surface area contributed by atoms with Crippen molar-refractivity contribution in [2.75, 3.05) is 31.5 Å². The molecule has 2 aliphatic heterocycles. The first kappa shape index (κ1) is 24.1. The minimum absolute atomic E-state index is 0.0700. The van der Waals surface area contributed by atoms with E-state index in [0.29, 0.717) is 31.1 Å². The number of hydrogen-bond donors (Lipinski definition) is 1. The van der Waals surface area contributed by atoms with Crippen LogP contribution in [0.5, 0.6) is 0 Å². The van der Waals surface area contributed by atoms with E-state index in [1.54, 1.807) is 6.08 Å². The first-order valence-corrected chi connectivity index (χ1v) is 14.0. The van der Waals surface area contributed by atoms with Gasteiger partial charge in [0.25, 0.3) is 0 Å². The molecule has 9 heteroatoms. The van der Waals surface area contributed by atoms with Gasteiger partial charge in [0.1, 0.15) is 0 Å². The lowest BCUT2D eigenvalue weighted by Crippen LogP contribution is -2.40. The Hall–Kier alpha value is -2.07. The number of amides is 1. The zero-order chi connectivity index (χ0) is 23.3. The van der Waals surface area contributed by atoms with Gasteiger partial charge < -0.3 is 5.32 Å². The maximum Gasteiger partial charge on any atom is 0.236 e. The molecule has 2 aliphatic rings. The number of anilines is 1. The number of aromatic nitrogens is 1. The average Bonchev–Trinajstić information content (AvgIpc) is 3.25. The first-order chi connectivity index (χ1) is 15.9. The van der Waals surface area contributed by atoms with E-state index in [1.807, 2.05) is 35.7 Å². The smallest absolute Gasteiger partial charge is 0.236 e. The molecule has 3 heterocycles. The predicted octanol–water partition coefficient (Wildman–Crippen LogP) is 4.03. The third kappa shape index (κ3) is 6.72. The Morgan fingerprint density at radius 1 is 1.18 bits per heavy atom. The van der Waals surface area contributed by atoms with Gasteiger partial charge in [-0.3, -0.25) is 9.69 Å². The van der Waals surface area contributed by atoms with E-state index in [-0.39, 0.29) is 11.8 Å². The Morgan fingerprint density at radius 3 is 2.67 bits per heavy atom. The first-order valence-electron chi connectivity index (χ1n) is 11.6. The maximum absolute atomic E-state index is 12.7. The lowest BCUT2D eigenvalue weighted by molar-refractivity contribution is -0.120. The summed E-state index contributed by atoms with van der Waals surface area (Å²) in [6.45, 7) is 6.00. The molecule has 0 saturated carbocycles. The average molecular weight is 489 g/mol. The SMILES string of the molecule is CC1CCCN(Cc2csc(NC(=O)C3CCN(S(=O)(=O)/C=C/c4ccccc4)CC3)n2)C1. The summed E-state index contributed by atoms with van der Waals surface area (Å²) >= 11 is 1.46. The van der Waals surface area contributed by atoms with Gasteiger partial charge in [0.2, 0.25) is 15.9 Å². The Balaban J connectivity index is 1.26. The van der Waals surface area contributed by atoms with Gasteiger partial charge in [-0.05, 0) is 49.8 Å². The van der Waals surface area contributed by atoms with Crippen LogP contribution in [0.4, 0.5) is 5.13 Å². The molecule has 0 radical (unpaired) electrons. The van der Waals surface area contributed by atoms with E-state index in [0.717, 1.165) is 36.8 Å². The number of nitrogens with zero attached hydrogens (tertiary/aromatic N) is 3. The topological polar surface area (TPSA) is 82.6 Å². The maximum atomic E-state index is 12.7. The van der Waals surface area contributed by atoms with Crippen LogP contribution in [-0.4, -0.2) is 54.7 Å². The number of carbonyl (C=O) groups excluding carboxylic acids is 1. The molecule has 2 aromatic rings. The number of benzene rings is 1. The van der Waals surface area contributed by atoms with Crippen molar-refractivity contribution in [3.05, 3.63) is 52.4 Å². The zero-order valence-corrected chi connectivity index (χ0v) is 20.7. The molecule has 0 bridgehead atoms. The largest absolute Gasteiger partial charge is 0.302 e. The molecule has 1 amide bonds.